The largest absolute Gasteiger partial charge is 0.481 e. The second-order valence-electron chi connectivity index (χ2n) is 9.04. The molecule has 2 amide bonds. The fourth-order valence-electron chi connectivity index (χ4n) is 4.15. The highest BCUT2D eigenvalue weighted by molar-refractivity contribution is 5.98. The zero-order valence-corrected chi connectivity index (χ0v) is 21.3. The summed E-state index contributed by atoms with van der Waals surface area (Å²) < 4.78 is 0. The number of hydrogen-bond acceptors (Lipinski definition) is 3. The van der Waals surface area contributed by atoms with Gasteiger partial charge in [0.25, 0.3) is 5.91 Å². The van der Waals surface area contributed by atoms with Gasteiger partial charge in [0.15, 0.2) is 0 Å². The van der Waals surface area contributed by atoms with E-state index < -0.39 is 23.8 Å². The average Bonchev–Trinajstić information content (AvgIpc) is 2.98. The standard InChI is InChI=1S/C33H28N2O4/c1-2-23-11-13-27(14-12-23)29-10-6-7-24(21-29)22-34-33(39)30(19-20-31(36)37)35-32(38)28-17-15-26(16-18-28)25-8-4-3-5-9-25/h1,3-18,21,30H,19-20,22H2,(H,34,39)(H,35,38)(H,36,37)/t30-/m0/s1. The Kier molecular flexibility index (Phi) is 8.89. The van der Waals surface area contributed by atoms with Gasteiger partial charge in [-0.1, -0.05) is 78.7 Å². The number of nitrogens with one attached hydrogen (secondary N) is 2. The van der Waals surface area contributed by atoms with Crippen molar-refractivity contribution in [3.05, 3.63) is 120 Å². The summed E-state index contributed by atoms with van der Waals surface area (Å²) >= 11 is 0. The number of aliphatic carboxylic acids is 1. The van der Waals surface area contributed by atoms with Crippen LogP contribution in [0.25, 0.3) is 22.3 Å². The highest BCUT2D eigenvalue weighted by atomic mass is 16.4. The first kappa shape index (κ1) is 26.9. The summed E-state index contributed by atoms with van der Waals surface area (Å²) in [6, 6.07) is 31.2. The molecule has 6 heteroatoms. The molecule has 4 aromatic carbocycles. The van der Waals surface area contributed by atoms with Crippen LogP contribution in [0.3, 0.4) is 0 Å². The summed E-state index contributed by atoms with van der Waals surface area (Å²) in [6.07, 6.45) is 5.15. The third-order valence-electron chi connectivity index (χ3n) is 6.30. The van der Waals surface area contributed by atoms with Gasteiger partial charge in [-0.15, -0.1) is 6.42 Å². The van der Waals surface area contributed by atoms with Gasteiger partial charge in [0.2, 0.25) is 5.91 Å². The topological polar surface area (TPSA) is 95.5 Å². The molecule has 0 aliphatic rings. The molecule has 0 fully saturated rings. The van der Waals surface area contributed by atoms with Crippen LogP contribution in [-0.4, -0.2) is 28.9 Å². The maximum atomic E-state index is 13.0. The van der Waals surface area contributed by atoms with Crippen molar-refractivity contribution in [2.24, 2.45) is 0 Å². The second-order valence-corrected chi connectivity index (χ2v) is 9.04. The van der Waals surface area contributed by atoms with Crippen LogP contribution in [-0.2, 0) is 16.1 Å². The van der Waals surface area contributed by atoms with Crippen LogP contribution >= 0.6 is 0 Å². The first-order valence-corrected chi connectivity index (χ1v) is 12.5. The van der Waals surface area contributed by atoms with E-state index in [0.717, 1.165) is 33.4 Å². The van der Waals surface area contributed by atoms with Crippen molar-refractivity contribution < 1.29 is 19.5 Å². The molecule has 0 aromatic heterocycles. The van der Waals surface area contributed by atoms with E-state index in [4.69, 9.17) is 11.5 Å². The third kappa shape index (κ3) is 7.43. The fourth-order valence-corrected chi connectivity index (χ4v) is 4.15. The Morgan fingerprint density at radius 2 is 1.38 bits per heavy atom. The molecular weight excluding hydrogens is 488 g/mol. The molecule has 0 bridgehead atoms. The Hall–Kier alpha value is -5.15. The molecule has 4 rings (SSSR count). The molecule has 0 saturated carbocycles. The molecule has 0 unspecified atom stereocenters. The summed E-state index contributed by atoms with van der Waals surface area (Å²) in [6.45, 7) is 0.223. The molecule has 6 nitrogen and oxygen atoms in total. The van der Waals surface area contributed by atoms with Gasteiger partial charge in [-0.05, 0) is 64.6 Å². The lowest BCUT2D eigenvalue weighted by Gasteiger charge is -2.18. The number of hydrogen-bond donors (Lipinski definition) is 3. The summed E-state index contributed by atoms with van der Waals surface area (Å²) in [5.74, 6) is 0.656. The predicted molar refractivity (Wildman–Crippen MR) is 152 cm³/mol. The monoisotopic (exact) mass is 516 g/mol. The molecule has 0 heterocycles. The number of carboxylic acid groups (broad SMARTS) is 1. The lowest BCUT2D eigenvalue weighted by molar-refractivity contribution is -0.137. The van der Waals surface area contributed by atoms with E-state index in [1.807, 2.05) is 91.0 Å². The molecule has 0 aliphatic carbocycles. The van der Waals surface area contributed by atoms with Gasteiger partial charge in [0.05, 0.1) is 0 Å². The third-order valence-corrected chi connectivity index (χ3v) is 6.30. The Balaban J connectivity index is 1.41. The van der Waals surface area contributed by atoms with Gasteiger partial charge in [-0.25, -0.2) is 0 Å². The van der Waals surface area contributed by atoms with E-state index in [1.165, 1.54) is 0 Å². The lowest BCUT2D eigenvalue weighted by atomic mass is 10.0. The van der Waals surface area contributed by atoms with Crippen molar-refractivity contribution in [2.45, 2.75) is 25.4 Å². The molecule has 0 aliphatic heterocycles. The van der Waals surface area contributed by atoms with Crippen LogP contribution < -0.4 is 10.6 Å². The molecule has 3 N–H and O–H groups in total. The van der Waals surface area contributed by atoms with Crippen molar-refractivity contribution in [3.8, 4) is 34.6 Å². The maximum Gasteiger partial charge on any atom is 0.303 e. The van der Waals surface area contributed by atoms with Crippen LogP contribution in [0.2, 0.25) is 0 Å². The minimum absolute atomic E-state index is 0.0312. The van der Waals surface area contributed by atoms with Crippen LogP contribution in [0.1, 0.15) is 34.3 Å². The summed E-state index contributed by atoms with van der Waals surface area (Å²) in [5, 5.41) is 14.7. The fraction of sp³-hybridized carbons (Fsp3) is 0.121. The SMILES string of the molecule is C#Cc1ccc(-c2cccc(CNC(=O)[C@H](CCC(=O)O)NC(=O)c3ccc(-c4ccccc4)cc3)c2)cc1. The number of rotatable bonds is 10. The Morgan fingerprint density at radius 3 is 2.05 bits per heavy atom. The minimum atomic E-state index is -1.04. The summed E-state index contributed by atoms with van der Waals surface area (Å²) in [5.41, 5.74) is 5.99. The molecule has 0 saturated heterocycles. The van der Waals surface area contributed by atoms with Gasteiger partial charge >= 0.3 is 5.97 Å². The number of carbonyl (C=O) groups is 3. The lowest BCUT2D eigenvalue weighted by Crippen LogP contribution is -2.46. The van der Waals surface area contributed by atoms with Crippen molar-refractivity contribution >= 4 is 17.8 Å². The molecular formula is C33H28N2O4. The smallest absolute Gasteiger partial charge is 0.303 e. The van der Waals surface area contributed by atoms with E-state index >= 15 is 0 Å². The molecule has 194 valence electrons. The number of amides is 2. The number of carbonyl (C=O) groups excluding carboxylic acids is 2. The van der Waals surface area contributed by atoms with Gasteiger partial charge in [0, 0.05) is 24.1 Å². The normalized spacial score (nSPS) is 11.2. The summed E-state index contributed by atoms with van der Waals surface area (Å²) in [7, 11) is 0. The Morgan fingerprint density at radius 1 is 0.769 bits per heavy atom. The highest BCUT2D eigenvalue weighted by Crippen LogP contribution is 2.21. The molecule has 4 aromatic rings. The Labute approximate surface area is 227 Å². The molecule has 1 atom stereocenters. The van der Waals surface area contributed by atoms with Crippen LogP contribution in [0.15, 0.2) is 103 Å². The first-order valence-electron chi connectivity index (χ1n) is 12.5. The zero-order chi connectivity index (χ0) is 27.6. The van der Waals surface area contributed by atoms with E-state index in [-0.39, 0.29) is 19.4 Å². The highest BCUT2D eigenvalue weighted by Gasteiger charge is 2.22. The van der Waals surface area contributed by atoms with Gasteiger partial charge in [-0.2, -0.15) is 0 Å². The molecule has 39 heavy (non-hydrogen) atoms. The summed E-state index contributed by atoms with van der Waals surface area (Å²) in [4.78, 5) is 37.1. The maximum absolute atomic E-state index is 13.0. The van der Waals surface area contributed by atoms with Crippen molar-refractivity contribution in [2.75, 3.05) is 0 Å². The van der Waals surface area contributed by atoms with E-state index in [1.54, 1.807) is 12.1 Å². The van der Waals surface area contributed by atoms with Gasteiger partial charge in [0.1, 0.15) is 6.04 Å². The van der Waals surface area contributed by atoms with E-state index in [2.05, 4.69) is 16.6 Å². The zero-order valence-electron chi connectivity index (χ0n) is 21.3. The van der Waals surface area contributed by atoms with Crippen LogP contribution in [0.5, 0.6) is 0 Å². The average molecular weight is 517 g/mol. The van der Waals surface area contributed by atoms with Crippen LogP contribution in [0, 0.1) is 12.3 Å². The van der Waals surface area contributed by atoms with Crippen molar-refractivity contribution in [1.82, 2.24) is 10.6 Å². The van der Waals surface area contributed by atoms with E-state index in [9.17, 15) is 14.4 Å². The molecule has 0 radical (unpaired) electrons. The number of terminal acetylenes is 1. The van der Waals surface area contributed by atoms with Gasteiger partial charge in [-0.3, -0.25) is 14.4 Å². The van der Waals surface area contributed by atoms with E-state index in [0.29, 0.717) is 5.56 Å². The quantitative estimate of drug-likeness (QED) is 0.250. The van der Waals surface area contributed by atoms with Crippen molar-refractivity contribution in [1.29, 1.82) is 0 Å². The Bertz CT molecular complexity index is 1490. The number of carboxylic acids is 1. The predicted octanol–water partition coefficient (Wildman–Crippen LogP) is 5.28. The van der Waals surface area contributed by atoms with Crippen LogP contribution in [0.4, 0.5) is 0 Å². The minimum Gasteiger partial charge on any atom is -0.481 e. The second kappa shape index (κ2) is 12.9. The van der Waals surface area contributed by atoms with Gasteiger partial charge < -0.3 is 15.7 Å². The number of benzene rings is 4. The first-order chi connectivity index (χ1) is 18.9. The van der Waals surface area contributed by atoms with Crippen molar-refractivity contribution in [3.63, 3.8) is 0 Å². The molecule has 0 spiro atoms.